The summed E-state index contributed by atoms with van der Waals surface area (Å²) in [7, 11) is 0. The first-order chi connectivity index (χ1) is 15.7. The van der Waals surface area contributed by atoms with Gasteiger partial charge in [-0.15, -0.1) is 0 Å². The third kappa shape index (κ3) is 3.23. The van der Waals surface area contributed by atoms with Crippen molar-refractivity contribution in [2.75, 3.05) is 19.7 Å². The highest BCUT2D eigenvalue weighted by atomic mass is 16.5. The molecule has 1 N–H and O–H groups in total. The van der Waals surface area contributed by atoms with E-state index in [2.05, 4.69) is 22.4 Å². The summed E-state index contributed by atoms with van der Waals surface area (Å²) in [5.41, 5.74) is 1.20. The highest BCUT2D eigenvalue weighted by Gasteiger charge is 2.56. The van der Waals surface area contributed by atoms with E-state index < -0.39 is 5.54 Å². The Balaban J connectivity index is 1.32. The van der Waals surface area contributed by atoms with Gasteiger partial charge in [0.05, 0.1) is 17.6 Å². The SMILES string of the molecule is O=C(NC[C@@H]1C[C@H]2C=C[C@H]1C2)[C@H]1c2ccccc2C(=O)N(C[C@H]2CCCO2)C12CCCC2. The Kier molecular flexibility index (Phi) is 5.13. The zero-order valence-corrected chi connectivity index (χ0v) is 18.8. The van der Waals surface area contributed by atoms with Crippen LogP contribution in [0.5, 0.6) is 0 Å². The summed E-state index contributed by atoms with van der Waals surface area (Å²) in [6, 6.07) is 7.82. The summed E-state index contributed by atoms with van der Waals surface area (Å²) < 4.78 is 5.93. The molecule has 5 heteroatoms. The molecule has 0 aromatic heterocycles. The first-order valence-electron chi connectivity index (χ1n) is 12.6. The Bertz CT molecular complexity index is 929. The van der Waals surface area contributed by atoms with Crippen LogP contribution in [0.3, 0.4) is 0 Å². The first kappa shape index (κ1) is 20.5. The topological polar surface area (TPSA) is 58.6 Å². The number of rotatable bonds is 5. The zero-order chi connectivity index (χ0) is 21.7. The smallest absolute Gasteiger partial charge is 0.254 e. The predicted molar refractivity (Wildman–Crippen MR) is 122 cm³/mol. The van der Waals surface area contributed by atoms with E-state index in [0.29, 0.717) is 29.9 Å². The van der Waals surface area contributed by atoms with Crippen LogP contribution in [-0.4, -0.2) is 48.1 Å². The third-order valence-electron chi connectivity index (χ3n) is 8.92. The van der Waals surface area contributed by atoms with Gasteiger partial charge in [0.2, 0.25) is 5.91 Å². The van der Waals surface area contributed by atoms with Crippen LogP contribution in [-0.2, 0) is 9.53 Å². The summed E-state index contributed by atoms with van der Waals surface area (Å²) in [6.07, 6.45) is 13.2. The van der Waals surface area contributed by atoms with Crippen molar-refractivity contribution in [2.24, 2.45) is 17.8 Å². The summed E-state index contributed by atoms with van der Waals surface area (Å²) in [4.78, 5) is 29.7. The van der Waals surface area contributed by atoms with E-state index in [-0.39, 0.29) is 23.8 Å². The van der Waals surface area contributed by atoms with Gasteiger partial charge < -0.3 is 15.0 Å². The van der Waals surface area contributed by atoms with Gasteiger partial charge in [0.15, 0.2) is 0 Å². The average Bonchev–Trinajstić information content (AvgIpc) is 3.61. The molecular formula is C27H34N2O3. The minimum Gasteiger partial charge on any atom is -0.376 e. The summed E-state index contributed by atoms with van der Waals surface area (Å²) in [6.45, 7) is 2.13. The highest BCUT2D eigenvalue weighted by Crippen LogP contribution is 2.51. The number of hydrogen-bond donors (Lipinski definition) is 1. The van der Waals surface area contributed by atoms with Gasteiger partial charge in [-0.3, -0.25) is 9.59 Å². The second kappa shape index (κ2) is 8.02. The van der Waals surface area contributed by atoms with E-state index in [4.69, 9.17) is 4.74 Å². The predicted octanol–water partition coefficient (Wildman–Crippen LogP) is 4.05. The summed E-state index contributed by atoms with van der Waals surface area (Å²) >= 11 is 0. The molecule has 6 rings (SSSR count). The van der Waals surface area contributed by atoms with E-state index >= 15 is 0 Å². The minimum absolute atomic E-state index is 0.0836. The molecule has 3 fully saturated rings. The normalized spacial score (nSPS) is 34.4. The van der Waals surface area contributed by atoms with Crippen LogP contribution in [0.2, 0.25) is 0 Å². The molecule has 5 atom stereocenters. The molecular weight excluding hydrogens is 400 g/mol. The molecule has 1 aromatic carbocycles. The fourth-order valence-corrected chi connectivity index (χ4v) is 7.39. The van der Waals surface area contributed by atoms with Gasteiger partial charge in [-0.05, 0) is 67.9 Å². The second-order valence-corrected chi connectivity index (χ2v) is 10.7. The Hall–Kier alpha value is -2.14. The molecule has 32 heavy (non-hydrogen) atoms. The van der Waals surface area contributed by atoms with E-state index in [0.717, 1.165) is 57.2 Å². The highest BCUT2D eigenvalue weighted by molar-refractivity contribution is 6.02. The van der Waals surface area contributed by atoms with Crippen molar-refractivity contribution in [3.8, 4) is 0 Å². The van der Waals surface area contributed by atoms with Gasteiger partial charge in [-0.2, -0.15) is 0 Å². The minimum atomic E-state index is -0.421. The van der Waals surface area contributed by atoms with Crippen LogP contribution >= 0.6 is 0 Å². The van der Waals surface area contributed by atoms with Crippen molar-refractivity contribution in [1.82, 2.24) is 10.2 Å². The third-order valence-corrected chi connectivity index (χ3v) is 8.92. The monoisotopic (exact) mass is 434 g/mol. The molecule has 5 aliphatic rings. The van der Waals surface area contributed by atoms with Gasteiger partial charge in [0, 0.05) is 25.3 Å². The molecule has 2 bridgehead atoms. The molecule has 170 valence electrons. The van der Waals surface area contributed by atoms with Crippen LogP contribution in [0.15, 0.2) is 36.4 Å². The van der Waals surface area contributed by atoms with Crippen LogP contribution < -0.4 is 5.32 Å². The van der Waals surface area contributed by atoms with E-state index in [1.165, 1.54) is 12.8 Å². The number of ether oxygens (including phenoxy) is 1. The number of carbonyl (C=O) groups excluding carboxylic acids is 2. The van der Waals surface area contributed by atoms with E-state index in [9.17, 15) is 9.59 Å². The fraction of sp³-hybridized carbons (Fsp3) is 0.630. The lowest BCUT2D eigenvalue weighted by Gasteiger charge is -2.50. The lowest BCUT2D eigenvalue weighted by Crippen LogP contribution is -2.62. The number of benzene rings is 1. The standard InChI is InChI=1S/C27H34N2O3/c30-25(28-16-20-15-18-9-10-19(20)14-18)24-22-7-1-2-8-23(22)26(31)29(17-21-6-5-13-32-21)27(24)11-3-4-12-27/h1-2,7-10,18-21,24H,3-6,11-17H2,(H,28,30)/t18-,19-,20-,21+,24+/m0/s1. The summed E-state index contributed by atoms with van der Waals surface area (Å²) in [5.74, 6) is 1.78. The van der Waals surface area contributed by atoms with Crippen molar-refractivity contribution < 1.29 is 14.3 Å². The number of hydrogen-bond acceptors (Lipinski definition) is 3. The second-order valence-electron chi connectivity index (χ2n) is 10.7. The molecule has 1 spiro atoms. The molecule has 2 saturated carbocycles. The van der Waals surface area contributed by atoms with Gasteiger partial charge in [-0.25, -0.2) is 0 Å². The fourth-order valence-electron chi connectivity index (χ4n) is 7.39. The van der Waals surface area contributed by atoms with Crippen molar-refractivity contribution in [1.29, 1.82) is 0 Å². The Morgan fingerprint density at radius 1 is 1.12 bits per heavy atom. The zero-order valence-electron chi connectivity index (χ0n) is 18.8. The van der Waals surface area contributed by atoms with Gasteiger partial charge in [0.1, 0.15) is 0 Å². The number of nitrogens with one attached hydrogen (secondary N) is 1. The number of allylic oxidation sites excluding steroid dienone is 2. The number of amides is 2. The largest absolute Gasteiger partial charge is 0.376 e. The summed E-state index contributed by atoms with van der Waals surface area (Å²) in [5, 5.41) is 3.36. The Labute approximate surface area is 190 Å². The lowest BCUT2D eigenvalue weighted by atomic mass is 9.70. The molecule has 2 heterocycles. The van der Waals surface area contributed by atoms with Crippen molar-refractivity contribution in [3.63, 3.8) is 0 Å². The lowest BCUT2D eigenvalue weighted by molar-refractivity contribution is -0.127. The molecule has 5 nitrogen and oxygen atoms in total. The molecule has 1 saturated heterocycles. The van der Waals surface area contributed by atoms with E-state index in [1.807, 2.05) is 24.3 Å². The first-order valence-corrected chi connectivity index (χ1v) is 12.6. The molecule has 0 unspecified atom stereocenters. The molecule has 3 aliphatic carbocycles. The maximum absolute atomic E-state index is 13.9. The molecule has 0 radical (unpaired) electrons. The number of fused-ring (bicyclic) bond motifs is 3. The van der Waals surface area contributed by atoms with E-state index in [1.54, 1.807) is 0 Å². The van der Waals surface area contributed by atoms with Crippen LogP contribution in [0, 0.1) is 17.8 Å². The Morgan fingerprint density at radius 2 is 1.97 bits per heavy atom. The van der Waals surface area contributed by atoms with Crippen LogP contribution in [0.25, 0.3) is 0 Å². The van der Waals surface area contributed by atoms with Crippen LogP contribution in [0.1, 0.15) is 73.2 Å². The number of nitrogens with zero attached hydrogens (tertiary/aromatic N) is 1. The van der Waals surface area contributed by atoms with Gasteiger partial charge >= 0.3 is 0 Å². The van der Waals surface area contributed by atoms with Crippen molar-refractivity contribution in [2.45, 2.75) is 68.9 Å². The van der Waals surface area contributed by atoms with Gasteiger partial charge in [0.25, 0.3) is 5.91 Å². The maximum Gasteiger partial charge on any atom is 0.254 e. The van der Waals surface area contributed by atoms with Gasteiger partial charge in [-0.1, -0.05) is 43.2 Å². The molecule has 2 aliphatic heterocycles. The van der Waals surface area contributed by atoms with Crippen LogP contribution in [0.4, 0.5) is 0 Å². The van der Waals surface area contributed by atoms with Crippen molar-refractivity contribution >= 4 is 11.8 Å². The average molecular weight is 435 g/mol. The molecule has 1 aromatic rings. The molecule has 2 amide bonds. The quantitative estimate of drug-likeness (QED) is 0.712. The maximum atomic E-state index is 13.9. The van der Waals surface area contributed by atoms with Crippen molar-refractivity contribution in [3.05, 3.63) is 47.5 Å². The Morgan fingerprint density at radius 3 is 2.69 bits per heavy atom. The number of carbonyl (C=O) groups is 2.